The Labute approximate surface area is 128 Å². The van der Waals surface area contributed by atoms with Gasteiger partial charge in [-0.15, -0.1) is 0 Å². The van der Waals surface area contributed by atoms with Crippen molar-refractivity contribution in [2.75, 3.05) is 30.3 Å². The molecule has 21 heavy (non-hydrogen) atoms. The van der Waals surface area contributed by atoms with Crippen LogP contribution >= 0.6 is 0 Å². The van der Waals surface area contributed by atoms with Crippen LogP contribution in [0.3, 0.4) is 0 Å². The van der Waals surface area contributed by atoms with Crippen LogP contribution in [0.2, 0.25) is 0 Å². The molecule has 0 aromatic carbocycles. The fraction of sp³-hybridized carbons (Fsp3) is 0.800. The van der Waals surface area contributed by atoms with Crippen LogP contribution in [0.5, 0.6) is 6.01 Å². The number of nitrogens with zero attached hydrogens (tertiary/aromatic N) is 3. The van der Waals surface area contributed by atoms with Gasteiger partial charge < -0.3 is 15.4 Å². The summed E-state index contributed by atoms with van der Waals surface area (Å²) in [5.74, 6) is 1.67. The van der Waals surface area contributed by atoms with Crippen molar-refractivity contribution in [1.82, 2.24) is 15.0 Å². The van der Waals surface area contributed by atoms with Crippen molar-refractivity contribution in [3.8, 4) is 6.01 Å². The van der Waals surface area contributed by atoms with Crippen molar-refractivity contribution < 1.29 is 4.74 Å². The van der Waals surface area contributed by atoms with Crippen molar-refractivity contribution in [3.63, 3.8) is 0 Å². The highest BCUT2D eigenvalue weighted by atomic mass is 16.5. The second-order valence-corrected chi connectivity index (χ2v) is 6.14. The first-order chi connectivity index (χ1) is 9.89. The molecular weight excluding hydrogens is 266 g/mol. The van der Waals surface area contributed by atoms with Gasteiger partial charge in [-0.25, -0.2) is 0 Å². The van der Waals surface area contributed by atoms with Gasteiger partial charge >= 0.3 is 6.01 Å². The fourth-order valence-corrected chi connectivity index (χ4v) is 1.44. The second-order valence-electron chi connectivity index (χ2n) is 6.14. The van der Waals surface area contributed by atoms with Gasteiger partial charge in [0.05, 0.1) is 6.61 Å². The number of rotatable bonds is 9. The van der Waals surface area contributed by atoms with Gasteiger partial charge in [-0.2, -0.15) is 15.0 Å². The first-order valence-electron chi connectivity index (χ1n) is 7.75. The summed E-state index contributed by atoms with van der Waals surface area (Å²) in [6.07, 6.45) is 0.922. The summed E-state index contributed by atoms with van der Waals surface area (Å²) < 4.78 is 5.52. The molecule has 0 atom stereocenters. The van der Waals surface area contributed by atoms with E-state index in [2.05, 4.69) is 60.2 Å². The largest absolute Gasteiger partial charge is 0.463 e. The third-order valence-electron chi connectivity index (χ3n) is 3.65. The first-order valence-corrected chi connectivity index (χ1v) is 7.75. The molecule has 1 heterocycles. The number of hydrogen-bond donors (Lipinski definition) is 2. The lowest BCUT2D eigenvalue weighted by Crippen LogP contribution is -2.29. The van der Waals surface area contributed by atoms with E-state index in [1.54, 1.807) is 0 Å². The molecule has 0 aliphatic rings. The van der Waals surface area contributed by atoms with Crippen LogP contribution < -0.4 is 15.4 Å². The van der Waals surface area contributed by atoms with Crippen LogP contribution in [0.1, 0.15) is 48.0 Å². The average molecular weight is 295 g/mol. The van der Waals surface area contributed by atoms with Gasteiger partial charge in [0.25, 0.3) is 0 Å². The average Bonchev–Trinajstić information content (AvgIpc) is 2.43. The van der Waals surface area contributed by atoms with E-state index in [1.165, 1.54) is 0 Å². The van der Waals surface area contributed by atoms with Gasteiger partial charge in [0.1, 0.15) is 0 Å². The molecule has 0 fully saturated rings. The van der Waals surface area contributed by atoms with Crippen molar-refractivity contribution in [2.45, 2.75) is 48.0 Å². The van der Waals surface area contributed by atoms with Crippen molar-refractivity contribution in [2.24, 2.45) is 11.3 Å². The summed E-state index contributed by atoms with van der Waals surface area (Å²) in [6.45, 7) is 15.1. The number of ether oxygens (including phenoxy) is 1. The van der Waals surface area contributed by atoms with E-state index in [0.29, 0.717) is 30.4 Å². The lowest BCUT2D eigenvalue weighted by molar-refractivity contribution is 0.268. The molecule has 0 amide bonds. The van der Waals surface area contributed by atoms with Crippen LogP contribution in [0.15, 0.2) is 0 Å². The fourth-order valence-electron chi connectivity index (χ4n) is 1.44. The summed E-state index contributed by atoms with van der Waals surface area (Å²) in [7, 11) is 0. The van der Waals surface area contributed by atoms with E-state index in [9.17, 15) is 0 Å². The number of hydrogen-bond acceptors (Lipinski definition) is 6. The maximum absolute atomic E-state index is 5.52. The molecule has 0 saturated heterocycles. The highest BCUT2D eigenvalue weighted by Gasteiger charge is 2.22. The Morgan fingerprint density at radius 1 is 1.05 bits per heavy atom. The third-order valence-corrected chi connectivity index (χ3v) is 3.65. The van der Waals surface area contributed by atoms with Gasteiger partial charge in [0.2, 0.25) is 11.9 Å². The minimum atomic E-state index is 0.162. The molecule has 0 spiro atoms. The minimum absolute atomic E-state index is 0.162. The van der Waals surface area contributed by atoms with Crippen LogP contribution in [0.4, 0.5) is 11.9 Å². The smallest absolute Gasteiger partial charge is 0.323 e. The summed E-state index contributed by atoms with van der Waals surface area (Å²) in [6, 6.07) is 0.368. The molecule has 0 saturated carbocycles. The van der Waals surface area contributed by atoms with E-state index in [-0.39, 0.29) is 5.41 Å². The zero-order chi connectivity index (χ0) is 15.9. The Kier molecular flexibility index (Phi) is 6.65. The number of aromatic nitrogens is 3. The highest BCUT2D eigenvalue weighted by molar-refractivity contribution is 5.35. The third kappa shape index (κ3) is 5.73. The quantitative estimate of drug-likeness (QED) is 0.729. The molecule has 120 valence electrons. The minimum Gasteiger partial charge on any atom is -0.463 e. The molecule has 0 unspecified atom stereocenters. The Balaban J connectivity index is 2.82. The molecule has 6 heteroatoms. The van der Waals surface area contributed by atoms with E-state index >= 15 is 0 Å². The lowest BCUT2D eigenvalue weighted by Gasteiger charge is -2.29. The number of nitrogens with one attached hydrogen (secondary N) is 2. The topological polar surface area (TPSA) is 72.0 Å². The maximum atomic E-state index is 5.52. The molecule has 0 aliphatic heterocycles. The predicted octanol–water partition coefficient (Wildman–Crippen LogP) is 3.19. The summed E-state index contributed by atoms with van der Waals surface area (Å²) in [5.41, 5.74) is 0.162. The number of anilines is 2. The Hall–Kier alpha value is -1.59. The van der Waals surface area contributed by atoms with Gasteiger partial charge in [0, 0.05) is 13.1 Å². The van der Waals surface area contributed by atoms with E-state index in [4.69, 9.17) is 4.74 Å². The molecule has 6 nitrogen and oxygen atoms in total. The first kappa shape index (κ1) is 17.5. The zero-order valence-corrected chi connectivity index (χ0v) is 14.2. The SMILES string of the molecule is CCCOc1nc(NCC)nc(NCC(C)(C)C(C)C)n1. The normalized spacial score (nSPS) is 11.6. The van der Waals surface area contributed by atoms with Gasteiger partial charge in [-0.1, -0.05) is 34.6 Å². The standard InChI is InChI=1S/C15H29N5O/c1-7-9-21-14-19-12(16-8-2)18-13(20-14)17-10-15(5,6)11(3)4/h11H,7-10H2,1-6H3,(H2,16,17,18,19,20). The highest BCUT2D eigenvalue weighted by Crippen LogP contribution is 2.26. The van der Waals surface area contributed by atoms with Crippen molar-refractivity contribution >= 4 is 11.9 Å². The summed E-state index contributed by atoms with van der Waals surface area (Å²) in [5, 5.41) is 6.40. The van der Waals surface area contributed by atoms with Gasteiger partial charge in [-0.3, -0.25) is 0 Å². The lowest BCUT2D eigenvalue weighted by atomic mass is 9.81. The van der Waals surface area contributed by atoms with E-state index in [0.717, 1.165) is 19.5 Å². The Bertz CT molecular complexity index is 434. The van der Waals surface area contributed by atoms with E-state index in [1.807, 2.05) is 6.92 Å². The monoisotopic (exact) mass is 295 g/mol. The molecule has 1 aromatic heterocycles. The molecular formula is C15H29N5O. The Morgan fingerprint density at radius 2 is 1.67 bits per heavy atom. The maximum Gasteiger partial charge on any atom is 0.323 e. The van der Waals surface area contributed by atoms with Crippen LogP contribution in [0, 0.1) is 11.3 Å². The predicted molar refractivity (Wildman–Crippen MR) is 86.9 cm³/mol. The van der Waals surface area contributed by atoms with Crippen LogP contribution in [-0.2, 0) is 0 Å². The zero-order valence-electron chi connectivity index (χ0n) is 14.2. The molecule has 1 rings (SSSR count). The molecule has 0 bridgehead atoms. The Morgan fingerprint density at radius 3 is 2.19 bits per heavy atom. The molecule has 0 aliphatic carbocycles. The van der Waals surface area contributed by atoms with Crippen LogP contribution in [-0.4, -0.2) is 34.6 Å². The summed E-state index contributed by atoms with van der Waals surface area (Å²) >= 11 is 0. The second kappa shape index (κ2) is 8.00. The van der Waals surface area contributed by atoms with Crippen LogP contribution in [0.25, 0.3) is 0 Å². The van der Waals surface area contributed by atoms with Crippen molar-refractivity contribution in [1.29, 1.82) is 0 Å². The molecule has 2 N–H and O–H groups in total. The molecule has 0 radical (unpaired) electrons. The molecule has 1 aromatic rings. The van der Waals surface area contributed by atoms with Crippen molar-refractivity contribution in [3.05, 3.63) is 0 Å². The van der Waals surface area contributed by atoms with E-state index < -0.39 is 0 Å². The van der Waals surface area contributed by atoms with Gasteiger partial charge in [-0.05, 0) is 24.7 Å². The summed E-state index contributed by atoms with van der Waals surface area (Å²) in [4.78, 5) is 12.9. The van der Waals surface area contributed by atoms with Gasteiger partial charge in [0.15, 0.2) is 0 Å².